The standard InChI is InChI=1S/C14H11N3O5S/c18-14(12-8-21-10-3-1-2-4-11(10)22-12)16-15-7-9-5-6-13(23-9)17(19)20/h1-7,12H,8H2,(H,16,18)/b15-7-/t12-/m1/s1. The lowest BCUT2D eigenvalue weighted by atomic mass is 10.2. The molecule has 23 heavy (non-hydrogen) atoms. The van der Waals surface area contributed by atoms with Crippen molar-refractivity contribution in [1.82, 2.24) is 5.43 Å². The fourth-order valence-electron chi connectivity index (χ4n) is 1.89. The van der Waals surface area contributed by atoms with E-state index in [9.17, 15) is 14.9 Å². The quantitative estimate of drug-likeness (QED) is 0.523. The predicted molar refractivity (Wildman–Crippen MR) is 83.1 cm³/mol. The van der Waals surface area contributed by atoms with Gasteiger partial charge >= 0.3 is 5.00 Å². The Kier molecular flexibility index (Phi) is 4.20. The molecule has 1 aliphatic rings. The average molecular weight is 333 g/mol. The molecule has 0 aliphatic carbocycles. The number of hydrogen-bond donors (Lipinski definition) is 1. The summed E-state index contributed by atoms with van der Waals surface area (Å²) in [4.78, 5) is 22.6. The van der Waals surface area contributed by atoms with Gasteiger partial charge in [-0.15, -0.1) is 0 Å². The molecule has 0 fully saturated rings. The van der Waals surface area contributed by atoms with Gasteiger partial charge in [0.2, 0.25) is 6.10 Å². The topological polar surface area (TPSA) is 103 Å². The summed E-state index contributed by atoms with van der Waals surface area (Å²) in [6.07, 6.45) is 0.535. The summed E-state index contributed by atoms with van der Waals surface area (Å²) in [5.41, 5.74) is 2.33. The molecule has 0 saturated heterocycles. The van der Waals surface area contributed by atoms with E-state index in [1.54, 1.807) is 24.3 Å². The fourth-order valence-corrected chi connectivity index (χ4v) is 2.58. The van der Waals surface area contributed by atoms with Crippen LogP contribution in [0.2, 0.25) is 0 Å². The van der Waals surface area contributed by atoms with Crippen LogP contribution in [0.4, 0.5) is 5.00 Å². The predicted octanol–water partition coefficient (Wildman–Crippen LogP) is 1.95. The van der Waals surface area contributed by atoms with Crippen molar-refractivity contribution in [3.05, 3.63) is 51.4 Å². The second-order valence-electron chi connectivity index (χ2n) is 4.53. The zero-order chi connectivity index (χ0) is 16.2. The molecule has 1 aromatic heterocycles. The van der Waals surface area contributed by atoms with Crippen molar-refractivity contribution in [1.29, 1.82) is 0 Å². The maximum Gasteiger partial charge on any atom is 0.324 e. The summed E-state index contributed by atoms with van der Waals surface area (Å²) in [6, 6.07) is 9.99. The number of carbonyl (C=O) groups excluding carboxylic acids is 1. The van der Waals surface area contributed by atoms with Crippen molar-refractivity contribution in [2.45, 2.75) is 6.10 Å². The number of amides is 1. The number of nitrogens with one attached hydrogen (secondary N) is 1. The maximum atomic E-state index is 12.0. The molecular formula is C14H11N3O5S. The molecule has 0 unspecified atom stereocenters. The smallest absolute Gasteiger partial charge is 0.324 e. The number of carbonyl (C=O) groups is 1. The van der Waals surface area contributed by atoms with Gasteiger partial charge in [-0.2, -0.15) is 5.10 Å². The van der Waals surface area contributed by atoms with E-state index in [4.69, 9.17) is 9.47 Å². The Morgan fingerprint density at radius 2 is 2.13 bits per heavy atom. The third-order valence-corrected chi connectivity index (χ3v) is 3.93. The molecular weight excluding hydrogens is 322 g/mol. The lowest BCUT2D eigenvalue weighted by molar-refractivity contribution is -0.380. The van der Waals surface area contributed by atoms with Crippen molar-refractivity contribution >= 4 is 28.5 Å². The van der Waals surface area contributed by atoms with Crippen LogP contribution in [0.5, 0.6) is 11.5 Å². The summed E-state index contributed by atoms with van der Waals surface area (Å²) in [6.45, 7) is 0.0862. The molecule has 1 aliphatic heterocycles. The SMILES string of the molecule is O=C(N/N=C\c1ccc([N+](=O)[O-])s1)[C@H]1COc2ccccc2O1. The minimum Gasteiger partial charge on any atom is -0.485 e. The third kappa shape index (κ3) is 3.46. The molecule has 1 atom stereocenters. The summed E-state index contributed by atoms with van der Waals surface area (Å²) in [7, 11) is 0. The lowest BCUT2D eigenvalue weighted by Crippen LogP contribution is -2.42. The van der Waals surface area contributed by atoms with Gasteiger partial charge in [-0.1, -0.05) is 23.5 Å². The zero-order valence-corrected chi connectivity index (χ0v) is 12.5. The van der Waals surface area contributed by atoms with E-state index in [2.05, 4.69) is 10.5 Å². The number of hydrogen-bond acceptors (Lipinski definition) is 7. The molecule has 2 heterocycles. The summed E-state index contributed by atoms with van der Waals surface area (Å²) in [5.74, 6) is 0.629. The van der Waals surface area contributed by atoms with Gasteiger partial charge < -0.3 is 9.47 Å². The van der Waals surface area contributed by atoms with Gasteiger partial charge in [0.05, 0.1) is 16.0 Å². The Hall–Kier alpha value is -2.94. The van der Waals surface area contributed by atoms with Gasteiger partial charge in [0.1, 0.15) is 6.61 Å². The molecule has 8 nitrogen and oxygen atoms in total. The van der Waals surface area contributed by atoms with Crippen LogP contribution < -0.4 is 14.9 Å². The number of para-hydroxylation sites is 2. The van der Waals surface area contributed by atoms with Crippen molar-refractivity contribution < 1.29 is 19.2 Å². The highest BCUT2D eigenvalue weighted by Crippen LogP contribution is 2.30. The van der Waals surface area contributed by atoms with Gasteiger partial charge in [0, 0.05) is 6.07 Å². The Bertz CT molecular complexity index is 773. The van der Waals surface area contributed by atoms with Crippen LogP contribution in [0.3, 0.4) is 0 Å². The van der Waals surface area contributed by atoms with Crippen molar-refractivity contribution in [2.24, 2.45) is 5.10 Å². The first-order chi connectivity index (χ1) is 11.1. The minimum absolute atomic E-state index is 0.0124. The van der Waals surface area contributed by atoms with Crippen LogP contribution >= 0.6 is 11.3 Å². The highest BCUT2D eigenvalue weighted by Gasteiger charge is 2.26. The van der Waals surface area contributed by atoms with Crippen molar-refractivity contribution in [3.63, 3.8) is 0 Å². The lowest BCUT2D eigenvalue weighted by Gasteiger charge is -2.24. The Labute approximate surface area is 134 Å². The third-order valence-electron chi connectivity index (χ3n) is 2.96. The molecule has 118 valence electrons. The van der Waals surface area contributed by atoms with Gasteiger partial charge in [0.15, 0.2) is 11.5 Å². The summed E-state index contributed by atoms with van der Waals surface area (Å²) >= 11 is 0.963. The Morgan fingerprint density at radius 3 is 2.87 bits per heavy atom. The first kappa shape index (κ1) is 15.0. The largest absolute Gasteiger partial charge is 0.485 e. The number of benzene rings is 1. The molecule has 9 heteroatoms. The first-order valence-electron chi connectivity index (χ1n) is 6.59. The van der Waals surface area contributed by atoms with E-state index in [1.165, 1.54) is 12.3 Å². The van der Waals surface area contributed by atoms with E-state index in [1.807, 2.05) is 6.07 Å². The van der Waals surface area contributed by atoms with E-state index in [0.29, 0.717) is 16.4 Å². The molecule has 1 aromatic carbocycles. The van der Waals surface area contributed by atoms with E-state index in [-0.39, 0.29) is 11.6 Å². The number of hydrazone groups is 1. The zero-order valence-electron chi connectivity index (χ0n) is 11.7. The second-order valence-corrected chi connectivity index (χ2v) is 5.63. The summed E-state index contributed by atoms with van der Waals surface area (Å²) < 4.78 is 11.0. The number of nitro groups is 1. The molecule has 0 saturated carbocycles. The number of fused-ring (bicyclic) bond motifs is 1. The molecule has 1 N–H and O–H groups in total. The van der Waals surface area contributed by atoms with Gasteiger partial charge in [-0.05, 0) is 18.2 Å². The molecule has 0 spiro atoms. The second kappa shape index (κ2) is 6.44. The van der Waals surface area contributed by atoms with Gasteiger partial charge in [0.25, 0.3) is 5.91 Å². The summed E-state index contributed by atoms with van der Waals surface area (Å²) in [5, 5.41) is 14.4. The Balaban J connectivity index is 1.57. The fraction of sp³-hybridized carbons (Fsp3) is 0.143. The monoisotopic (exact) mass is 333 g/mol. The first-order valence-corrected chi connectivity index (χ1v) is 7.41. The van der Waals surface area contributed by atoms with Crippen LogP contribution in [0.15, 0.2) is 41.5 Å². The highest BCUT2D eigenvalue weighted by atomic mass is 32.1. The molecule has 3 rings (SSSR count). The molecule has 0 bridgehead atoms. The normalized spacial score (nSPS) is 16.3. The van der Waals surface area contributed by atoms with Crippen LogP contribution in [-0.2, 0) is 4.79 Å². The average Bonchev–Trinajstić information content (AvgIpc) is 3.03. The van der Waals surface area contributed by atoms with Gasteiger partial charge in [-0.3, -0.25) is 14.9 Å². The number of ether oxygens (including phenoxy) is 2. The highest BCUT2D eigenvalue weighted by molar-refractivity contribution is 7.16. The van der Waals surface area contributed by atoms with E-state index < -0.39 is 16.9 Å². The Morgan fingerprint density at radius 1 is 1.35 bits per heavy atom. The van der Waals surface area contributed by atoms with Crippen molar-refractivity contribution in [3.8, 4) is 11.5 Å². The van der Waals surface area contributed by atoms with Crippen LogP contribution in [-0.4, -0.2) is 29.8 Å². The molecule has 1 amide bonds. The van der Waals surface area contributed by atoms with Crippen molar-refractivity contribution in [2.75, 3.05) is 6.61 Å². The molecule has 0 radical (unpaired) electrons. The maximum absolute atomic E-state index is 12.0. The van der Waals surface area contributed by atoms with E-state index in [0.717, 1.165) is 11.3 Å². The van der Waals surface area contributed by atoms with Crippen LogP contribution in [0, 0.1) is 10.1 Å². The number of rotatable bonds is 4. The minimum atomic E-state index is -0.806. The molecule has 2 aromatic rings. The van der Waals surface area contributed by atoms with Crippen LogP contribution in [0.1, 0.15) is 4.88 Å². The van der Waals surface area contributed by atoms with E-state index >= 15 is 0 Å². The van der Waals surface area contributed by atoms with Crippen LogP contribution in [0.25, 0.3) is 0 Å². The van der Waals surface area contributed by atoms with Gasteiger partial charge in [-0.25, -0.2) is 5.43 Å². The number of nitrogens with zero attached hydrogens (tertiary/aromatic N) is 2. The number of thiophene rings is 1.